The predicted molar refractivity (Wildman–Crippen MR) is 82.9 cm³/mol. The lowest BCUT2D eigenvalue weighted by Crippen LogP contribution is -3.00. The zero-order valence-corrected chi connectivity index (χ0v) is 14.6. The molecule has 0 unspecified atom stereocenters. The second-order valence-corrected chi connectivity index (χ2v) is 5.32. The number of benzene rings is 1. The average Bonchev–Trinajstić information content (AvgIpc) is 3.16. The Morgan fingerprint density at radius 3 is 2.50 bits per heavy atom. The van der Waals surface area contributed by atoms with Gasteiger partial charge in [0.1, 0.15) is 0 Å². The number of fused-ring (bicyclic) bond motifs is 1. The van der Waals surface area contributed by atoms with E-state index in [1.165, 1.54) is 0 Å². The molecular formula is C16H13IN5O2-. The number of nitrogens with one attached hydrogen (secondary N) is 1. The van der Waals surface area contributed by atoms with Crippen LogP contribution in [0.1, 0.15) is 21.6 Å². The van der Waals surface area contributed by atoms with Crippen molar-refractivity contribution in [2.45, 2.75) is 13.1 Å². The number of hydrogen-bond donors (Lipinski definition) is 2. The lowest BCUT2D eigenvalue weighted by Gasteiger charge is -2.14. The third kappa shape index (κ3) is 2.84. The number of carbonyl (C=O) groups is 1. The Hall–Kier alpha value is -2.49. The molecule has 24 heavy (non-hydrogen) atoms. The molecule has 122 valence electrons. The summed E-state index contributed by atoms with van der Waals surface area (Å²) >= 11 is 0. The lowest BCUT2D eigenvalue weighted by molar-refractivity contribution is -0.0000203. The summed E-state index contributed by atoms with van der Waals surface area (Å²) in [6.45, 7) is 1.35. The Kier molecular flexibility index (Phi) is 4.47. The van der Waals surface area contributed by atoms with E-state index in [-0.39, 0.29) is 29.5 Å². The van der Waals surface area contributed by atoms with Crippen molar-refractivity contribution in [3.05, 3.63) is 59.5 Å². The van der Waals surface area contributed by atoms with Gasteiger partial charge in [-0.05, 0) is 18.2 Å². The molecule has 0 spiro atoms. The topological polar surface area (TPSA) is 95.0 Å². The molecule has 1 aliphatic heterocycles. The summed E-state index contributed by atoms with van der Waals surface area (Å²) < 4.78 is 0. The number of halogens is 1. The van der Waals surface area contributed by atoms with Crippen molar-refractivity contribution in [2.75, 3.05) is 4.90 Å². The zero-order chi connectivity index (χ0) is 15.8. The molecule has 0 amide bonds. The molecule has 0 atom stereocenters. The summed E-state index contributed by atoms with van der Waals surface area (Å²) in [5.41, 5.74) is 4.13. The smallest absolute Gasteiger partial charge is 0.335 e. The summed E-state index contributed by atoms with van der Waals surface area (Å²) in [6.07, 6.45) is 3.44. The minimum Gasteiger partial charge on any atom is -1.00 e. The van der Waals surface area contributed by atoms with Crippen molar-refractivity contribution < 1.29 is 33.9 Å². The van der Waals surface area contributed by atoms with Gasteiger partial charge in [-0.25, -0.2) is 14.8 Å². The van der Waals surface area contributed by atoms with Crippen molar-refractivity contribution >= 4 is 11.9 Å². The molecule has 2 aromatic heterocycles. The predicted octanol–water partition coefficient (Wildman–Crippen LogP) is -0.911. The van der Waals surface area contributed by atoms with E-state index in [4.69, 9.17) is 5.11 Å². The van der Waals surface area contributed by atoms with Gasteiger partial charge in [0.25, 0.3) is 0 Å². The summed E-state index contributed by atoms with van der Waals surface area (Å²) in [4.78, 5) is 21.6. The van der Waals surface area contributed by atoms with Gasteiger partial charge in [-0.15, -0.1) is 0 Å². The number of aromatic carboxylic acids is 1. The molecular weight excluding hydrogens is 421 g/mol. The van der Waals surface area contributed by atoms with Gasteiger partial charge in [-0.1, -0.05) is 12.1 Å². The van der Waals surface area contributed by atoms with Crippen LogP contribution in [-0.4, -0.2) is 31.2 Å². The van der Waals surface area contributed by atoms with Crippen molar-refractivity contribution in [2.24, 2.45) is 0 Å². The van der Waals surface area contributed by atoms with E-state index < -0.39 is 5.97 Å². The van der Waals surface area contributed by atoms with Gasteiger partial charge in [0.15, 0.2) is 0 Å². The van der Waals surface area contributed by atoms with E-state index in [0.717, 1.165) is 22.5 Å². The molecule has 0 aliphatic carbocycles. The minimum absolute atomic E-state index is 0. The highest BCUT2D eigenvalue weighted by molar-refractivity contribution is 5.88. The average molecular weight is 434 g/mol. The fraction of sp³-hybridized carbons (Fsp3) is 0.125. The zero-order valence-electron chi connectivity index (χ0n) is 12.5. The number of hydrogen-bond acceptors (Lipinski definition) is 5. The first-order chi connectivity index (χ1) is 11.2. The van der Waals surface area contributed by atoms with Crippen molar-refractivity contribution in [3.8, 4) is 11.3 Å². The first kappa shape index (κ1) is 16.4. The SMILES string of the molecule is O=C(O)c1ccc(-c2n[nH]c3c2CN(c2ncccn2)C3)cc1.[I-]. The van der Waals surface area contributed by atoms with Gasteiger partial charge >= 0.3 is 5.97 Å². The molecule has 0 saturated heterocycles. The van der Waals surface area contributed by atoms with E-state index in [2.05, 4.69) is 25.1 Å². The molecule has 1 aliphatic rings. The van der Waals surface area contributed by atoms with Crippen LogP contribution in [0.4, 0.5) is 5.95 Å². The first-order valence-corrected chi connectivity index (χ1v) is 7.14. The number of carboxylic acids is 1. The molecule has 8 heteroatoms. The third-order valence-electron chi connectivity index (χ3n) is 3.89. The molecule has 3 aromatic rings. The second kappa shape index (κ2) is 6.56. The Morgan fingerprint density at radius 2 is 1.83 bits per heavy atom. The van der Waals surface area contributed by atoms with Crippen LogP contribution < -0.4 is 28.9 Å². The fourth-order valence-corrected chi connectivity index (χ4v) is 2.75. The van der Waals surface area contributed by atoms with E-state index in [1.807, 2.05) is 0 Å². The standard InChI is InChI=1S/C16H13N5O2.HI/c22-15(23)11-4-2-10(3-5-11)14-12-8-21(9-13(12)19-20-14)16-17-6-1-7-18-16;/h1-7H,8-9H2,(H,19,20)(H,22,23);1H/p-1. The van der Waals surface area contributed by atoms with Crippen LogP contribution in [0.15, 0.2) is 42.7 Å². The van der Waals surface area contributed by atoms with Gasteiger partial charge < -0.3 is 34.0 Å². The maximum absolute atomic E-state index is 10.9. The van der Waals surface area contributed by atoms with Crippen LogP contribution in [0.5, 0.6) is 0 Å². The Morgan fingerprint density at radius 1 is 1.12 bits per heavy atom. The third-order valence-corrected chi connectivity index (χ3v) is 3.89. The van der Waals surface area contributed by atoms with Crippen LogP contribution in [0.25, 0.3) is 11.3 Å². The van der Waals surface area contributed by atoms with Crippen molar-refractivity contribution in [1.82, 2.24) is 20.2 Å². The van der Waals surface area contributed by atoms with E-state index in [1.54, 1.807) is 42.7 Å². The number of nitrogens with zero attached hydrogens (tertiary/aromatic N) is 4. The van der Waals surface area contributed by atoms with E-state index >= 15 is 0 Å². The molecule has 2 N–H and O–H groups in total. The molecule has 0 bridgehead atoms. The van der Waals surface area contributed by atoms with Crippen LogP contribution in [0.2, 0.25) is 0 Å². The second-order valence-electron chi connectivity index (χ2n) is 5.32. The monoisotopic (exact) mass is 434 g/mol. The van der Waals surface area contributed by atoms with E-state index in [9.17, 15) is 4.79 Å². The highest BCUT2D eigenvalue weighted by Crippen LogP contribution is 2.32. The number of carboxylic acid groups (broad SMARTS) is 1. The largest absolute Gasteiger partial charge is 1.00 e. The number of H-pyrrole nitrogens is 1. The summed E-state index contributed by atoms with van der Waals surface area (Å²) in [7, 11) is 0. The molecule has 1 aromatic carbocycles. The maximum Gasteiger partial charge on any atom is 0.335 e. The Labute approximate surface area is 154 Å². The summed E-state index contributed by atoms with van der Waals surface area (Å²) in [6, 6.07) is 8.52. The number of aromatic nitrogens is 4. The molecule has 3 heterocycles. The molecule has 0 fully saturated rings. The maximum atomic E-state index is 10.9. The minimum atomic E-state index is -0.934. The summed E-state index contributed by atoms with van der Waals surface area (Å²) in [5.74, 6) is -0.250. The fourth-order valence-electron chi connectivity index (χ4n) is 2.75. The van der Waals surface area contributed by atoms with Crippen LogP contribution >= 0.6 is 0 Å². The highest BCUT2D eigenvalue weighted by atomic mass is 127. The Bertz CT molecular complexity index is 864. The summed E-state index contributed by atoms with van der Waals surface area (Å²) in [5, 5.41) is 16.4. The number of aromatic amines is 1. The van der Waals surface area contributed by atoms with Crippen molar-refractivity contribution in [1.29, 1.82) is 0 Å². The molecule has 0 saturated carbocycles. The lowest BCUT2D eigenvalue weighted by atomic mass is 10.1. The Balaban J connectivity index is 0.00000169. The normalized spacial score (nSPS) is 12.6. The number of rotatable bonds is 3. The number of anilines is 1. The van der Waals surface area contributed by atoms with Crippen LogP contribution in [0, 0.1) is 0 Å². The van der Waals surface area contributed by atoms with Gasteiger partial charge in [0.05, 0.1) is 30.0 Å². The highest BCUT2D eigenvalue weighted by Gasteiger charge is 2.26. The molecule has 4 rings (SSSR count). The van der Waals surface area contributed by atoms with E-state index in [0.29, 0.717) is 19.0 Å². The quantitative estimate of drug-likeness (QED) is 0.519. The van der Waals surface area contributed by atoms with Crippen molar-refractivity contribution in [3.63, 3.8) is 0 Å². The van der Waals surface area contributed by atoms with Crippen LogP contribution in [-0.2, 0) is 13.1 Å². The molecule has 0 radical (unpaired) electrons. The van der Waals surface area contributed by atoms with Crippen LogP contribution in [0.3, 0.4) is 0 Å². The first-order valence-electron chi connectivity index (χ1n) is 7.14. The van der Waals surface area contributed by atoms with Gasteiger partial charge in [-0.2, -0.15) is 5.10 Å². The molecule has 7 nitrogen and oxygen atoms in total. The van der Waals surface area contributed by atoms with Gasteiger partial charge in [0, 0.05) is 23.5 Å². The van der Waals surface area contributed by atoms with Gasteiger partial charge in [0.2, 0.25) is 5.95 Å². The van der Waals surface area contributed by atoms with Gasteiger partial charge in [-0.3, -0.25) is 5.10 Å².